The maximum Gasteiger partial charge on any atom is 0.254 e. The SMILES string of the molecule is NCCN1CCc2c(Br)cccc2C1=O. The average Bonchev–Trinajstić information content (AvgIpc) is 2.23. The predicted octanol–water partition coefficient (Wildman–Crippen LogP) is 1.41. The summed E-state index contributed by atoms with van der Waals surface area (Å²) in [5, 5.41) is 0. The van der Waals surface area contributed by atoms with E-state index >= 15 is 0 Å². The average molecular weight is 269 g/mol. The molecule has 0 spiro atoms. The maximum atomic E-state index is 12.0. The molecule has 2 N–H and O–H groups in total. The van der Waals surface area contributed by atoms with Crippen LogP contribution in [0.5, 0.6) is 0 Å². The fraction of sp³-hybridized carbons (Fsp3) is 0.364. The number of nitrogens with two attached hydrogens (primary N) is 1. The van der Waals surface area contributed by atoms with E-state index in [9.17, 15) is 4.79 Å². The number of rotatable bonds is 2. The summed E-state index contributed by atoms with van der Waals surface area (Å²) in [6, 6.07) is 5.75. The Hall–Kier alpha value is -0.870. The van der Waals surface area contributed by atoms with E-state index < -0.39 is 0 Å². The first-order valence-corrected chi connectivity index (χ1v) is 5.80. The minimum Gasteiger partial charge on any atom is -0.337 e. The van der Waals surface area contributed by atoms with Crippen LogP contribution in [0.15, 0.2) is 22.7 Å². The van der Waals surface area contributed by atoms with Crippen LogP contribution in [0.2, 0.25) is 0 Å². The zero-order valence-corrected chi connectivity index (χ0v) is 9.96. The van der Waals surface area contributed by atoms with Gasteiger partial charge in [0.05, 0.1) is 0 Å². The number of fused-ring (bicyclic) bond motifs is 1. The molecule has 0 fully saturated rings. The highest BCUT2D eigenvalue weighted by molar-refractivity contribution is 9.10. The molecule has 2 rings (SSSR count). The summed E-state index contributed by atoms with van der Waals surface area (Å²) in [5.74, 6) is 0.100. The molecule has 0 aliphatic carbocycles. The molecule has 0 unspecified atom stereocenters. The summed E-state index contributed by atoms with van der Waals surface area (Å²) in [7, 11) is 0. The van der Waals surface area contributed by atoms with E-state index in [-0.39, 0.29) is 5.91 Å². The number of hydrogen-bond donors (Lipinski definition) is 1. The zero-order valence-electron chi connectivity index (χ0n) is 8.37. The highest BCUT2D eigenvalue weighted by atomic mass is 79.9. The van der Waals surface area contributed by atoms with Crippen LogP contribution in [0.4, 0.5) is 0 Å². The Morgan fingerprint density at radius 2 is 2.27 bits per heavy atom. The van der Waals surface area contributed by atoms with E-state index in [1.165, 1.54) is 0 Å². The van der Waals surface area contributed by atoms with Crippen molar-refractivity contribution in [2.24, 2.45) is 5.73 Å². The van der Waals surface area contributed by atoms with Gasteiger partial charge in [0.1, 0.15) is 0 Å². The molecular formula is C11H13BrN2O. The van der Waals surface area contributed by atoms with Crippen molar-refractivity contribution in [2.45, 2.75) is 6.42 Å². The number of nitrogens with zero attached hydrogens (tertiary/aromatic N) is 1. The first-order chi connectivity index (χ1) is 7.24. The molecule has 0 atom stereocenters. The van der Waals surface area contributed by atoms with Crippen molar-refractivity contribution in [1.29, 1.82) is 0 Å². The van der Waals surface area contributed by atoms with Gasteiger partial charge >= 0.3 is 0 Å². The number of benzene rings is 1. The van der Waals surface area contributed by atoms with Crippen molar-refractivity contribution in [3.8, 4) is 0 Å². The van der Waals surface area contributed by atoms with Gasteiger partial charge in [0.15, 0.2) is 0 Å². The van der Waals surface area contributed by atoms with Crippen molar-refractivity contribution in [3.05, 3.63) is 33.8 Å². The summed E-state index contributed by atoms with van der Waals surface area (Å²) in [6.07, 6.45) is 0.905. The van der Waals surface area contributed by atoms with Crippen molar-refractivity contribution < 1.29 is 4.79 Å². The third kappa shape index (κ3) is 1.92. The topological polar surface area (TPSA) is 46.3 Å². The number of hydrogen-bond acceptors (Lipinski definition) is 2. The van der Waals surface area contributed by atoms with Crippen LogP contribution in [-0.2, 0) is 6.42 Å². The fourth-order valence-electron chi connectivity index (χ4n) is 1.90. The van der Waals surface area contributed by atoms with Crippen LogP contribution in [-0.4, -0.2) is 30.4 Å². The van der Waals surface area contributed by atoms with Gasteiger partial charge in [-0.2, -0.15) is 0 Å². The van der Waals surface area contributed by atoms with Crippen molar-refractivity contribution >= 4 is 21.8 Å². The Labute approximate surface area is 97.4 Å². The molecule has 15 heavy (non-hydrogen) atoms. The van der Waals surface area contributed by atoms with E-state index in [1.807, 2.05) is 23.1 Å². The number of carbonyl (C=O) groups is 1. The molecule has 1 amide bonds. The predicted molar refractivity (Wildman–Crippen MR) is 62.8 cm³/mol. The van der Waals surface area contributed by atoms with Crippen molar-refractivity contribution in [3.63, 3.8) is 0 Å². The molecule has 0 saturated heterocycles. The Balaban J connectivity index is 2.34. The zero-order chi connectivity index (χ0) is 10.8. The molecule has 1 aromatic rings. The summed E-state index contributed by atoms with van der Waals surface area (Å²) < 4.78 is 1.03. The lowest BCUT2D eigenvalue weighted by atomic mass is 9.99. The molecular weight excluding hydrogens is 256 g/mol. The number of carbonyl (C=O) groups excluding carboxylic acids is 1. The number of halogens is 1. The Morgan fingerprint density at radius 3 is 3.00 bits per heavy atom. The smallest absolute Gasteiger partial charge is 0.254 e. The van der Waals surface area contributed by atoms with E-state index in [4.69, 9.17) is 5.73 Å². The summed E-state index contributed by atoms with van der Waals surface area (Å²) in [5.41, 5.74) is 7.40. The van der Waals surface area contributed by atoms with Crippen molar-refractivity contribution in [2.75, 3.05) is 19.6 Å². The minimum atomic E-state index is 0.100. The standard InChI is InChI=1S/C11H13BrN2O/c12-10-3-1-2-9-8(10)4-6-14(7-5-13)11(9)15/h1-3H,4-7,13H2. The van der Waals surface area contributed by atoms with Crippen LogP contribution in [0.3, 0.4) is 0 Å². The van der Waals surface area contributed by atoms with Gasteiger partial charge in [-0.15, -0.1) is 0 Å². The van der Waals surface area contributed by atoms with Gasteiger partial charge in [-0.3, -0.25) is 4.79 Å². The Bertz CT molecular complexity index is 392. The highest BCUT2D eigenvalue weighted by Crippen LogP contribution is 2.25. The van der Waals surface area contributed by atoms with E-state index in [0.717, 1.165) is 28.6 Å². The molecule has 1 aliphatic rings. The normalized spacial score (nSPS) is 15.3. The second kappa shape index (κ2) is 4.33. The molecule has 0 bridgehead atoms. The monoisotopic (exact) mass is 268 g/mol. The Morgan fingerprint density at radius 1 is 1.47 bits per heavy atom. The van der Waals surface area contributed by atoms with Crippen LogP contribution in [0.1, 0.15) is 15.9 Å². The lowest BCUT2D eigenvalue weighted by Gasteiger charge is -2.28. The minimum absolute atomic E-state index is 0.100. The third-order valence-electron chi connectivity index (χ3n) is 2.67. The van der Waals surface area contributed by atoms with Crippen LogP contribution >= 0.6 is 15.9 Å². The fourth-order valence-corrected chi connectivity index (χ4v) is 2.47. The maximum absolute atomic E-state index is 12.0. The summed E-state index contributed by atoms with van der Waals surface area (Å²) >= 11 is 3.47. The van der Waals surface area contributed by atoms with E-state index in [2.05, 4.69) is 15.9 Å². The van der Waals surface area contributed by atoms with Crippen LogP contribution in [0.25, 0.3) is 0 Å². The highest BCUT2D eigenvalue weighted by Gasteiger charge is 2.24. The molecule has 1 heterocycles. The van der Waals surface area contributed by atoms with Gasteiger partial charge in [-0.1, -0.05) is 22.0 Å². The lowest BCUT2D eigenvalue weighted by Crippen LogP contribution is -2.40. The van der Waals surface area contributed by atoms with Gasteiger partial charge in [-0.25, -0.2) is 0 Å². The second-order valence-electron chi connectivity index (χ2n) is 3.60. The lowest BCUT2D eigenvalue weighted by molar-refractivity contribution is 0.0744. The Kier molecular flexibility index (Phi) is 3.07. The molecule has 0 radical (unpaired) electrons. The van der Waals surface area contributed by atoms with Gasteiger partial charge in [0.2, 0.25) is 0 Å². The van der Waals surface area contributed by atoms with Crippen molar-refractivity contribution in [1.82, 2.24) is 4.90 Å². The summed E-state index contributed by atoms with van der Waals surface area (Å²) in [6.45, 7) is 1.94. The quantitative estimate of drug-likeness (QED) is 0.882. The molecule has 0 aromatic heterocycles. The third-order valence-corrected chi connectivity index (χ3v) is 3.41. The van der Waals surface area contributed by atoms with Gasteiger partial charge in [0, 0.05) is 29.7 Å². The van der Waals surface area contributed by atoms with Gasteiger partial charge < -0.3 is 10.6 Å². The molecule has 80 valence electrons. The van der Waals surface area contributed by atoms with Crippen LogP contribution < -0.4 is 5.73 Å². The first kappa shape index (κ1) is 10.6. The molecule has 3 nitrogen and oxygen atoms in total. The molecule has 4 heteroatoms. The van der Waals surface area contributed by atoms with E-state index in [1.54, 1.807) is 0 Å². The van der Waals surface area contributed by atoms with Gasteiger partial charge in [0.25, 0.3) is 5.91 Å². The molecule has 0 saturated carbocycles. The second-order valence-corrected chi connectivity index (χ2v) is 4.45. The summed E-state index contributed by atoms with van der Waals surface area (Å²) in [4.78, 5) is 13.8. The van der Waals surface area contributed by atoms with Gasteiger partial charge in [-0.05, 0) is 24.1 Å². The molecule has 1 aliphatic heterocycles. The largest absolute Gasteiger partial charge is 0.337 e. The molecule has 1 aromatic carbocycles. The van der Waals surface area contributed by atoms with Crippen LogP contribution in [0, 0.1) is 0 Å². The number of amides is 1. The first-order valence-electron chi connectivity index (χ1n) is 5.00. The van der Waals surface area contributed by atoms with E-state index in [0.29, 0.717) is 13.1 Å².